The molecule has 1 rings (SSSR count). The molecule has 0 atom stereocenters. The minimum absolute atomic E-state index is 0. The Morgan fingerprint density at radius 1 is 1.33 bits per heavy atom. The van der Waals surface area contributed by atoms with E-state index in [4.69, 9.17) is 5.73 Å². The Bertz CT molecular complexity index is 226. The summed E-state index contributed by atoms with van der Waals surface area (Å²) in [6.45, 7) is 0.0791. The van der Waals surface area contributed by atoms with E-state index in [-0.39, 0.29) is 44.6 Å². The van der Waals surface area contributed by atoms with E-state index >= 15 is 0 Å². The zero-order valence-electron chi connectivity index (χ0n) is 8.59. The van der Waals surface area contributed by atoms with Crippen molar-refractivity contribution in [2.24, 2.45) is 11.1 Å². The van der Waals surface area contributed by atoms with Gasteiger partial charge in [0.25, 0.3) is 0 Å². The molecule has 1 aliphatic rings. The third-order valence-corrected chi connectivity index (χ3v) is 2.95. The van der Waals surface area contributed by atoms with Gasteiger partial charge in [-0.05, 0) is 12.8 Å². The SMILES string of the molecule is COC(=O)C1(CN)CCC(F)(F)CC1.Cl. The summed E-state index contributed by atoms with van der Waals surface area (Å²) in [5.74, 6) is -3.11. The second-order valence-corrected chi connectivity index (χ2v) is 3.83. The molecule has 0 amide bonds. The van der Waals surface area contributed by atoms with Crippen molar-refractivity contribution in [3.05, 3.63) is 0 Å². The highest BCUT2D eigenvalue weighted by molar-refractivity contribution is 5.85. The van der Waals surface area contributed by atoms with Crippen LogP contribution in [-0.4, -0.2) is 25.5 Å². The molecule has 0 aromatic rings. The van der Waals surface area contributed by atoms with E-state index < -0.39 is 17.3 Å². The van der Waals surface area contributed by atoms with E-state index in [9.17, 15) is 13.6 Å². The summed E-state index contributed by atoms with van der Waals surface area (Å²) in [7, 11) is 1.26. The molecule has 0 aromatic carbocycles. The number of esters is 1. The molecule has 0 saturated heterocycles. The number of hydrogen-bond donors (Lipinski definition) is 1. The number of hydrogen-bond acceptors (Lipinski definition) is 3. The number of carbonyl (C=O) groups is 1. The number of ether oxygens (including phenoxy) is 1. The van der Waals surface area contributed by atoms with Crippen LogP contribution in [0.15, 0.2) is 0 Å². The molecule has 90 valence electrons. The Labute approximate surface area is 93.8 Å². The number of halogens is 3. The summed E-state index contributed by atoms with van der Waals surface area (Å²) in [4.78, 5) is 11.4. The maximum Gasteiger partial charge on any atom is 0.313 e. The first-order chi connectivity index (χ1) is 6.46. The van der Waals surface area contributed by atoms with Gasteiger partial charge in [0.2, 0.25) is 5.92 Å². The van der Waals surface area contributed by atoms with Crippen molar-refractivity contribution < 1.29 is 18.3 Å². The van der Waals surface area contributed by atoms with Crippen LogP contribution in [0, 0.1) is 5.41 Å². The van der Waals surface area contributed by atoms with Crippen molar-refractivity contribution in [2.75, 3.05) is 13.7 Å². The van der Waals surface area contributed by atoms with E-state index in [1.54, 1.807) is 0 Å². The number of nitrogens with two attached hydrogens (primary N) is 1. The average Bonchev–Trinajstić information content (AvgIpc) is 2.18. The van der Waals surface area contributed by atoms with Gasteiger partial charge < -0.3 is 10.5 Å². The Kier molecular flexibility index (Phi) is 4.93. The Morgan fingerprint density at radius 2 is 1.80 bits per heavy atom. The fraction of sp³-hybridized carbons (Fsp3) is 0.889. The quantitative estimate of drug-likeness (QED) is 0.752. The number of carbonyl (C=O) groups excluding carboxylic acids is 1. The monoisotopic (exact) mass is 243 g/mol. The van der Waals surface area contributed by atoms with E-state index in [1.165, 1.54) is 7.11 Å². The topological polar surface area (TPSA) is 52.3 Å². The maximum atomic E-state index is 12.9. The Morgan fingerprint density at radius 3 is 2.13 bits per heavy atom. The molecule has 0 spiro atoms. The van der Waals surface area contributed by atoms with Gasteiger partial charge in [0.1, 0.15) is 0 Å². The van der Waals surface area contributed by atoms with Crippen LogP contribution in [0.4, 0.5) is 8.78 Å². The molecule has 0 radical (unpaired) electrons. The first-order valence-electron chi connectivity index (χ1n) is 4.62. The summed E-state index contributed by atoms with van der Waals surface area (Å²) in [5, 5.41) is 0. The molecule has 15 heavy (non-hydrogen) atoms. The predicted molar refractivity (Wildman–Crippen MR) is 54.2 cm³/mol. The minimum Gasteiger partial charge on any atom is -0.469 e. The van der Waals surface area contributed by atoms with Gasteiger partial charge in [-0.3, -0.25) is 4.79 Å². The van der Waals surface area contributed by atoms with E-state index in [0.29, 0.717) is 0 Å². The van der Waals surface area contributed by atoms with Gasteiger partial charge in [-0.2, -0.15) is 0 Å². The Hall–Kier alpha value is -0.420. The summed E-state index contributed by atoms with van der Waals surface area (Å²) in [6, 6.07) is 0. The van der Waals surface area contributed by atoms with Crippen LogP contribution >= 0.6 is 12.4 Å². The summed E-state index contributed by atoms with van der Waals surface area (Å²) < 4.78 is 30.3. The standard InChI is InChI=1S/C9H15F2NO2.ClH/c1-14-7(13)8(6-12)2-4-9(10,11)5-3-8;/h2-6,12H2,1H3;1H. The second-order valence-electron chi connectivity index (χ2n) is 3.83. The van der Waals surface area contributed by atoms with Gasteiger partial charge in [-0.15, -0.1) is 12.4 Å². The van der Waals surface area contributed by atoms with Crippen LogP contribution < -0.4 is 5.73 Å². The maximum absolute atomic E-state index is 12.9. The second kappa shape index (κ2) is 5.07. The molecule has 0 aromatic heterocycles. The average molecular weight is 244 g/mol. The first kappa shape index (κ1) is 14.6. The number of alkyl halides is 2. The van der Waals surface area contributed by atoms with Crippen LogP contribution in [0.1, 0.15) is 25.7 Å². The Balaban J connectivity index is 0.00000196. The van der Waals surface area contributed by atoms with Gasteiger partial charge >= 0.3 is 5.97 Å². The minimum atomic E-state index is -2.65. The molecule has 1 fully saturated rings. The summed E-state index contributed by atoms with van der Waals surface area (Å²) >= 11 is 0. The molecular weight excluding hydrogens is 228 g/mol. The van der Waals surface area contributed by atoms with Crippen molar-refractivity contribution in [3.63, 3.8) is 0 Å². The summed E-state index contributed by atoms with van der Waals surface area (Å²) in [5.41, 5.74) is 4.58. The third kappa shape index (κ3) is 3.01. The molecule has 0 heterocycles. The number of rotatable bonds is 2. The van der Waals surface area contributed by atoms with Crippen LogP contribution in [0.2, 0.25) is 0 Å². The van der Waals surface area contributed by atoms with Gasteiger partial charge in [0.15, 0.2) is 0 Å². The molecule has 0 bridgehead atoms. The molecular formula is C9H16ClF2NO2. The lowest BCUT2D eigenvalue weighted by molar-refractivity contribution is -0.159. The zero-order valence-corrected chi connectivity index (χ0v) is 9.41. The fourth-order valence-electron chi connectivity index (χ4n) is 1.80. The van der Waals surface area contributed by atoms with Crippen LogP contribution in [0.5, 0.6) is 0 Å². The normalized spacial score (nSPS) is 22.7. The van der Waals surface area contributed by atoms with Gasteiger partial charge in [-0.25, -0.2) is 8.78 Å². The predicted octanol–water partition coefficient (Wildman–Crippen LogP) is 1.74. The van der Waals surface area contributed by atoms with E-state index in [2.05, 4.69) is 4.74 Å². The van der Waals surface area contributed by atoms with E-state index in [1.807, 2.05) is 0 Å². The van der Waals surface area contributed by atoms with Crippen molar-refractivity contribution >= 4 is 18.4 Å². The lowest BCUT2D eigenvalue weighted by atomic mass is 9.73. The highest BCUT2D eigenvalue weighted by Crippen LogP contribution is 2.43. The zero-order chi connectivity index (χ0) is 10.8. The van der Waals surface area contributed by atoms with Crippen molar-refractivity contribution in [3.8, 4) is 0 Å². The third-order valence-electron chi connectivity index (χ3n) is 2.95. The van der Waals surface area contributed by atoms with Crippen LogP contribution in [0.25, 0.3) is 0 Å². The highest BCUT2D eigenvalue weighted by atomic mass is 35.5. The molecule has 2 N–H and O–H groups in total. The van der Waals surface area contributed by atoms with Gasteiger partial charge in [-0.1, -0.05) is 0 Å². The van der Waals surface area contributed by atoms with Crippen molar-refractivity contribution in [1.29, 1.82) is 0 Å². The van der Waals surface area contributed by atoms with Crippen molar-refractivity contribution in [2.45, 2.75) is 31.6 Å². The molecule has 1 saturated carbocycles. The molecule has 0 unspecified atom stereocenters. The van der Waals surface area contributed by atoms with Gasteiger partial charge in [0.05, 0.1) is 12.5 Å². The van der Waals surface area contributed by atoms with Gasteiger partial charge in [0, 0.05) is 19.4 Å². The lowest BCUT2D eigenvalue weighted by Gasteiger charge is -2.36. The fourth-order valence-corrected chi connectivity index (χ4v) is 1.80. The smallest absolute Gasteiger partial charge is 0.313 e. The van der Waals surface area contributed by atoms with E-state index in [0.717, 1.165) is 0 Å². The van der Waals surface area contributed by atoms with Crippen LogP contribution in [-0.2, 0) is 9.53 Å². The van der Waals surface area contributed by atoms with Crippen molar-refractivity contribution in [1.82, 2.24) is 0 Å². The first-order valence-corrected chi connectivity index (χ1v) is 4.62. The molecule has 3 nitrogen and oxygen atoms in total. The highest BCUT2D eigenvalue weighted by Gasteiger charge is 2.47. The summed E-state index contributed by atoms with van der Waals surface area (Å²) in [6.07, 6.45) is -0.328. The lowest BCUT2D eigenvalue weighted by Crippen LogP contribution is -2.45. The molecule has 6 heteroatoms. The largest absolute Gasteiger partial charge is 0.469 e. The molecule has 1 aliphatic carbocycles. The van der Waals surface area contributed by atoms with Crippen LogP contribution in [0.3, 0.4) is 0 Å². The molecule has 0 aliphatic heterocycles. The number of methoxy groups -OCH3 is 1.